The van der Waals surface area contributed by atoms with E-state index in [1.54, 1.807) is 4.90 Å². The summed E-state index contributed by atoms with van der Waals surface area (Å²) in [6, 6.07) is 5.73. The van der Waals surface area contributed by atoms with E-state index in [-0.39, 0.29) is 5.91 Å². The molecule has 1 aliphatic rings. The molecule has 1 saturated heterocycles. The Hall–Kier alpha value is -0.650. The fourth-order valence-electron chi connectivity index (χ4n) is 1.44. The number of rotatable bonds is 1. The molecule has 1 aromatic rings. The number of aromatic nitrogens is 1. The van der Waals surface area contributed by atoms with Crippen molar-refractivity contribution >= 4 is 34.3 Å². The van der Waals surface area contributed by atoms with E-state index in [9.17, 15) is 4.79 Å². The Morgan fingerprint density at radius 1 is 1.46 bits per heavy atom. The Bertz CT molecular complexity index is 340. The molecule has 2 rings (SSSR count). The van der Waals surface area contributed by atoms with Gasteiger partial charge < -0.3 is 0 Å². The zero-order valence-corrected chi connectivity index (χ0v) is 9.19. The van der Waals surface area contributed by atoms with Gasteiger partial charge in [0.1, 0.15) is 9.52 Å². The molecule has 0 aliphatic carbocycles. The molecular formula is C9H9IN2O. The zero-order chi connectivity index (χ0) is 9.26. The van der Waals surface area contributed by atoms with Crippen LogP contribution in [0.4, 0.5) is 5.82 Å². The Morgan fingerprint density at radius 3 is 2.92 bits per heavy atom. The van der Waals surface area contributed by atoms with Crippen molar-refractivity contribution < 1.29 is 4.79 Å². The molecule has 3 nitrogen and oxygen atoms in total. The molecule has 68 valence electrons. The van der Waals surface area contributed by atoms with Gasteiger partial charge in [-0.05, 0) is 41.1 Å². The first-order valence-electron chi connectivity index (χ1n) is 4.20. The molecule has 0 radical (unpaired) electrons. The molecule has 1 aromatic heterocycles. The summed E-state index contributed by atoms with van der Waals surface area (Å²) in [6.07, 6.45) is 1.61. The van der Waals surface area contributed by atoms with E-state index < -0.39 is 0 Å². The highest BCUT2D eigenvalue weighted by Gasteiger charge is 2.22. The molecule has 0 bridgehead atoms. The first-order valence-corrected chi connectivity index (χ1v) is 5.28. The molecule has 0 N–H and O–H groups in total. The number of hydrogen-bond donors (Lipinski definition) is 0. The fourth-order valence-corrected chi connectivity index (χ4v) is 1.89. The summed E-state index contributed by atoms with van der Waals surface area (Å²) in [5, 5.41) is 0. The molecule has 0 unspecified atom stereocenters. The van der Waals surface area contributed by atoms with Gasteiger partial charge in [0.2, 0.25) is 5.91 Å². The van der Waals surface area contributed by atoms with Gasteiger partial charge in [-0.15, -0.1) is 0 Å². The van der Waals surface area contributed by atoms with Crippen LogP contribution in [0.1, 0.15) is 12.8 Å². The number of carbonyl (C=O) groups is 1. The Morgan fingerprint density at radius 2 is 2.31 bits per heavy atom. The summed E-state index contributed by atoms with van der Waals surface area (Å²) in [5.74, 6) is 0.976. The topological polar surface area (TPSA) is 33.2 Å². The Balaban J connectivity index is 2.29. The van der Waals surface area contributed by atoms with Crippen LogP contribution in [0.25, 0.3) is 0 Å². The van der Waals surface area contributed by atoms with Crippen molar-refractivity contribution in [1.29, 1.82) is 0 Å². The van der Waals surface area contributed by atoms with Crippen LogP contribution in [0.5, 0.6) is 0 Å². The van der Waals surface area contributed by atoms with Crippen LogP contribution in [0.3, 0.4) is 0 Å². The first kappa shape index (κ1) is 8.93. The summed E-state index contributed by atoms with van der Waals surface area (Å²) < 4.78 is 0.926. The van der Waals surface area contributed by atoms with Crippen molar-refractivity contribution in [2.75, 3.05) is 11.4 Å². The van der Waals surface area contributed by atoms with Crippen molar-refractivity contribution in [3.8, 4) is 0 Å². The molecule has 4 heteroatoms. The van der Waals surface area contributed by atoms with Crippen LogP contribution in [0.2, 0.25) is 0 Å². The third-order valence-corrected chi connectivity index (χ3v) is 2.65. The molecule has 1 fully saturated rings. The van der Waals surface area contributed by atoms with Crippen LogP contribution in [-0.2, 0) is 4.79 Å². The maximum absolute atomic E-state index is 11.4. The fraction of sp³-hybridized carbons (Fsp3) is 0.333. The number of pyridine rings is 1. The average Bonchev–Trinajstić information content (AvgIpc) is 2.51. The molecule has 1 amide bonds. The van der Waals surface area contributed by atoms with Gasteiger partial charge in [0.05, 0.1) is 0 Å². The van der Waals surface area contributed by atoms with E-state index >= 15 is 0 Å². The summed E-state index contributed by atoms with van der Waals surface area (Å²) in [7, 11) is 0. The summed E-state index contributed by atoms with van der Waals surface area (Å²) >= 11 is 2.15. The van der Waals surface area contributed by atoms with E-state index in [0.717, 1.165) is 22.5 Å². The molecule has 2 heterocycles. The van der Waals surface area contributed by atoms with Crippen LogP contribution in [-0.4, -0.2) is 17.4 Å². The van der Waals surface area contributed by atoms with Crippen LogP contribution >= 0.6 is 22.6 Å². The minimum Gasteiger partial charge on any atom is -0.297 e. The van der Waals surface area contributed by atoms with Gasteiger partial charge in [0, 0.05) is 13.0 Å². The minimum atomic E-state index is 0.189. The van der Waals surface area contributed by atoms with Gasteiger partial charge in [-0.1, -0.05) is 6.07 Å². The SMILES string of the molecule is O=C1CCCN1c1cccc(I)n1. The summed E-state index contributed by atoms with van der Waals surface area (Å²) in [6.45, 7) is 0.811. The molecular weight excluding hydrogens is 279 g/mol. The van der Waals surface area contributed by atoms with Crippen LogP contribution in [0.15, 0.2) is 18.2 Å². The van der Waals surface area contributed by atoms with Crippen molar-refractivity contribution in [3.63, 3.8) is 0 Å². The summed E-state index contributed by atoms with van der Waals surface area (Å²) in [4.78, 5) is 17.4. The number of carbonyl (C=O) groups excluding carboxylic acids is 1. The largest absolute Gasteiger partial charge is 0.297 e. The zero-order valence-electron chi connectivity index (χ0n) is 7.03. The highest BCUT2D eigenvalue weighted by atomic mass is 127. The standard InChI is InChI=1S/C9H9IN2O/c10-7-3-1-4-8(11-7)12-6-2-5-9(12)13/h1,3-4H,2,5-6H2. The van der Waals surface area contributed by atoms with E-state index in [1.807, 2.05) is 18.2 Å². The van der Waals surface area contributed by atoms with Crippen LogP contribution in [0, 0.1) is 3.70 Å². The molecule has 0 saturated carbocycles. The number of hydrogen-bond acceptors (Lipinski definition) is 2. The van der Waals surface area contributed by atoms with Gasteiger partial charge in [-0.2, -0.15) is 0 Å². The molecule has 13 heavy (non-hydrogen) atoms. The van der Waals surface area contributed by atoms with E-state index in [0.29, 0.717) is 6.42 Å². The predicted octanol–water partition coefficient (Wildman–Crippen LogP) is 1.81. The Labute approximate surface area is 90.3 Å². The normalized spacial score (nSPS) is 16.7. The second-order valence-electron chi connectivity index (χ2n) is 2.97. The summed E-state index contributed by atoms with van der Waals surface area (Å²) in [5.41, 5.74) is 0. The van der Waals surface area contributed by atoms with Crippen molar-refractivity contribution in [1.82, 2.24) is 4.98 Å². The number of nitrogens with zero attached hydrogens (tertiary/aromatic N) is 2. The molecule has 0 aromatic carbocycles. The lowest BCUT2D eigenvalue weighted by atomic mass is 10.4. The average molecular weight is 288 g/mol. The maximum atomic E-state index is 11.4. The van der Waals surface area contributed by atoms with Crippen molar-refractivity contribution in [2.45, 2.75) is 12.8 Å². The molecule has 0 spiro atoms. The lowest BCUT2D eigenvalue weighted by molar-refractivity contribution is -0.117. The highest BCUT2D eigenvalue weighted by molar-refractivity contribution is 14.1. The second-order valence-corrected chi connectivity index (χ2v) is 4.07. The lowest BCUT2D eigenvalue weighted by Gasteiger charge is -2.13. The number of anilines is 1. The van der Waals surface area contributed by atoms with Gasteiger partial charge in [-0.25, -0.2) is 4.98 Å². The van der Waals surface area contributed by atoms with Crippen LogP contribution < -0.4 is 4.90 Å². The van der Waals surface area contributed by atoms with E-state index in [2.05, 4.69) is 27.6 Å². The predicted molar refractivity (Wildman–Crippen MR) is 58.5 cm³/mol. The van der Waals surface area contributed by atoms with Gasteiger partial charge in [0.15, 0.2) is 0 Å². The maximum Gasteiger partial charge on any atom is 0.228 e. The van der Waals surface area contributed by atoms with E-state index in [4.69, 9.17) is 0 Å². The first-order chi connectivity index (χ1) is 6.27. The van der Waals surface area contributed by atoms with Gasteiger partial charge in [0.25, 0.3) is 0 Å². The number of halogens is 1. The van der Waals surface area contributed by atoms with E-state index in [1.165, 1.54) is 0 Å². The smallest absolute Gasteiger partial charge is 0.228 e. The molecule has 1 aliphatic heterocycles. The minimum absolute atomic E-state index is 0.189. The monoisotopic (exact) mass is 288 g/mol. The molecule has 0 atom stereocenters. The van der Waals surface area contributed by atoms with Gasteiger partial charge >= 0.3 is 0 Å². The lowest BCUT2D eigenvalue weighted by Crippen LogP contribution is -2.24. The quantitative estimate of drug-likeness (QED) is 0.583. The van der Waals surface area contributed by atoms with Crippen molar-refractivity contribution in [2.24, 2.45) is 0 Å². The third kappa shape index (κ3) is 1.82. The Kier molecular flexibility index (Phi) is 2.48. The highest BCUT2D eigenvalue weighted by Crippen LogP contribution is 2.19. The third-order valence-electron chi connectivity index (χ3n) is 2.05. The van der Waals surface area contributed by atoms with Gasteiger partial charge in [-0.3, -0.25) is 9.69 Å². The van der Waals surface area contributed by atoms with Crippen molar-refractivity contribution in [3.05, 3.63) is 21.9 Å². The number of amides is 1. The second kappa shape index (κ2) is 3.61.